The summed E-state index contributed by atoms with van der Waals surface area (Å²) in [6.45, 7) is 1.51. The second kappa shape index (κ2) is 6.41. The number of thioether (sulfide) groups is 1. The van der Waals surface area contributed by atoms with Gasteiger partial charge in [0.25, 0.3) is 0 Å². The number of carbonyl (C=O) groups is 1. The minimum absolute atomic E-state index is 0.0343. The lowest BCUT2D eigenvalue weighted by Gasteiger charge is -2.20. The highest BCUT2D eigenvalue weighted by molar-refractivity contribution is 8.13. The number of aliphatic hydroxyl groups is 2. The van der Waals surface area contributed by atoms with E-state index in [1.165, 1.54) is 35.2 Å². The molecule has 1 aliphatic rings. The molecule has 2 unspecified atom stereocenters. The van der Waals surface area contributed by atoms with Crippen molar-refractivity contribution in [2.75, 3.05) is 5.75 Å². The lowest BCUT2D eigenvalue weighted by atomic mass is 9.94. The lowest BCUT2D eigenvalue weighted by molar-refractivity contribution is -0.109. The second-order valence-corrected chi connectivity index (χ2v) is 7.07. The van der Waals surface area contributed by atoms with E-state index >= 15 is 0 Å². The summed E-state index contributed by atoms with van der Waals surface area (Å²) in [6, 6.07) is 10.2. The molecule has 0 heterocycles. The van der Waals surface area contributed by atoms with E-state index in [0.717, 1.165) is 23.8 Å². The molecular weight excluding hydrogens is 296 g/mol. The second-order valence-electron chi connectivity index (χ2n) is 5.79. The van der Waals surface area contributed by atoms with Crippen molar-refractivity contribution in [2.24, 2.45) is 0 Å². The van der Waals surface area contributed by atoms with Gasteiger partial charge in [0.15, 0.2) is 5.12 Å². The van der Waals surface area contributed by atoms with Gasteiger partial charge in [0.2, 0.25) is 0 Å². The Bertz CT molecular complexity index is 701. The van der Waals surface area contributed by atoms with Crippen LogP contribution in [-0.4, -0.2) is 27.2 Å². The predicted octanol–water partition coefficient (Wildman–Crippen LogP) is 3.00. The standard InChI is InChI=1S/C18H20O3S/c1-11(19)22-10-9-16(20)18(21)15-8-7-13-6-5-12-3-2-4-14(15)17(12)13/h2-4,7-8,16,18,20-21H,5-6,9-10H2,1H3. The highest BCUT2D eigenvalue weighted by Crippen LogP contribution is 2.36. The van der Waals surface area contributed by atoms with Crippen molar-refractivity contribution in [1.82, 2.24) is 0 Å². The van der Waals surface area contributed by atoms with Crippen LogP contribution in [0.4, 0.5) is 0 Å². The Morgan fingerprint density at radius 1 is 1.18 bits per heavy atom. The van der Waals surface area contributed by atoms with Gasteiger partial charge in [-0.1, -0.05) is 42.1 Å². The smallest absolute Gasteiger partial charge is 0.185 e. The van der Waals surface area contributed by atoms with Crippen molar-refractivity contribution < 1.29 is 15.0 Å². The van der Waals surface area contributed by atoms with Gasteiger partial charge in [-0.25, -0.2) is 0 Å². The summed E-state index contributed by atoms with van der Waals surface area (Å²) in [5.41, 5.74) is 3.43. The normalized spacial score (nSPS) is 16.0. The molecule has 3 nitrogen and oxygen atoms in total. The first-order valence-corrected chi connectivity index (χ1v) is 8.59. The van der Waals surface area contributed by atoms with Crippen LogP contribution in [0.1, 0.15) is 36.1 Å². The van der Waals surface area contributed by atoms with Gasteiger partial charge in [0, 0.05) is 12.7 Å². The number of hydrogen-bond acceptors (Lipinski definition) is 4. The Labute approximate surface area is 134 Å². The highest BCUT2D eigenvalue weighted by atomic mass is 32.2. The molecule has 0 aliphatic heterocycles. The molecule has 0 saturated carbocycles. The number of benzene rings is 2. The third-order valence-corrected chi connectivity index (χ3v) is 5.16. The van der Waals surface area contributed by atoms with Crippen molar-refractivity contribution in [3.63, 3.8) is 0 Å². The van der Waals surface area contributed by atoms with Gasteiger partial charge in [0.05, 0.1) is 6.10 Å². The molecule has 2 aromatic carbocycles. The fourth-order valence-corrected chi connectivity index (χ4v) is 3.86. The van der Waals surface area contributed by atoms with E-state index in [4.69, 9.17) is 0 Å². The monoisotopic (exact) mass is 316 g/mol. The van der Waals surface area contributed by atoms with Crippen LogP contribution in [0.15, 0.2) is 30.3 Å². The molecule has 22 heavy (non-hydrogen) atoms. The molecule has 0 aromatic heterocycles. The van der Waals surface area contributed by atoms with Crippen LogP contribution in [0.2, 0.25) is 0 Å². The summed E-state index contributed by atoms with van der Waals surface area (Å²) in [4.78, 5) is 10.9. The van der Waals surface area contributed by atoms with E-state index in [9.17, 15) is 15.0 Å². The van der Waals surface area contributed by atoms with Crippen LogP contribution in [0.25, 0.3) is 10.8 Å². The lowest BCUT2D eigenvalue weighted by Crippen LogP contribution is -2.19. The molecule has 2 atom stereocenters. The van der Waals surface area contributed by atoms with Gasteiger partial charge in [-0.05, 0) is 46.7 Å². The summed E-state index contributed by atoms with van der Waals surface area (Å²) < 4.78 is 0. The minimum atomic E-state index is -0.919. The molecular formula is C18H20O3S. The molecule has 0 fully saturated rings. The van der Waals surface area contributed by atoms with Crippen molar-refractivity contribution >= 4 is 27.6 Å². The van der Waals surface area contributed by atoms with E-state index in [2.05, 4.69) is 12.1 Å². The van der Waals surface area contributed by atoms with Gasteiger partial charge < -0.3 is 10.2 Å². The molecule has 2 N–H and O–H groups in total. The average molecular weight is 316 g/mol. The predicted molar refractivity (Wildman–Crippen MR) is 90.1 cm³/mol. The first-order valence-electron chi connectivity index (χ1n) is 7.61. The number of hydrogen-bond donors (Lipinski definition) is 2. The molecule has 0 radical (unpaired) electrons. The van der Waals surface area contributed by atoms with Crippen molar-refractivity contribution in [1.29, 1.82) is 0 Å². The fourth-order valence-electron chi connectivity index (χ4n) is 3.22. The van der Waals surface area contributed by atoms with Crippen molar-refractivity contribution in [2.45, 2.75) is 38.4 Å². The van der Waals surface area contributed by atoms with Crippen LogP contribution in [0, 0.1) is 0 Å². The average Bonchev–Trinajstić information content (AvgIpc) is 2.92. The third-order valence-electron chi connectivity index (χ3n) is 4.31. The Morgan fingerprint density at radius 2 is 1.91 bits per heavy atom. The SMILES string of the molecule is CC(=O)SCCC(O)C(O)c1ccc2c3c(cccc13)CC2. The zero-order valence-corrected chi connectivity index (χ0v) is 13.4. The Hall–Kier alpha value is -1.36. The van der Waals surface area contributed by atoms with Crippen LogP contribution in [-0.2, 0) is 17.6 Å². The van der Waals surface area contributed by atoms with Crippen LogP contribution >= 0.6 is 11.8 Å². The van der Waals surface area contributed by atoms with Crippen LogP contribution < -0.4 is 0 Å². The first-order chi connectivity index (χ1) is 10.6. The van der Waals surface area contributed by atoms with Gasteiger partial charge in [0.1, 0.15) is 6.10 Å². The van der Waals surface area contributed by atoms with Gasteiger partial charge in [-0.3, -0.25) is 4.79 Å². The summed E-state index contributed by atoms with van der Waals surface area (Å²) >= 11 is 1.18. The number of aryl methyl sites for hydroxylation is 2. The Morgan fingerprint density at radius 3 is 2.64 bits per heavy atom. The zero-order valence-electron chi connectivity index (χ0n) is 12.6. The minimum Gasteiger partial charge on any atom is -0.390 e. The topological polar surface area (TPSA) is 57.5 Å². The molecule has 0 saturated heterocycles. The van der Waals surface area contributed by atoms with E-state index in [1.807, 2.05) is 18.2 Å². The summed E-state index contributed by atoms with van der Waals surface area (Å²) in [6.07, 6.45) is 0.713. The zero-order chi connectivity index (χ0) is 15.7. The maximum absolute atomic E-state index is 10.9. The third kappa shape index (κ3) is 2.91. The van der Waals surface area contributed by atoms with Gasteiger partial charge in [-0.15, -0.1) is 0 Å². The Balaban J connectivity index is 1.86. The van der Waals surface area contributed by atoms with E-state index in [-0.39, 0.29) is 5.12 Å². The maximum Gasteiger partial charge on any atom is 0.185 e. The fraction of sp³-hybridized carbons (Fsp3) is 0.389. The number of aliphatic hydroxyl groups excluding tert-OH is 2. The van der Waals surface area contributed by atoms with Gasteiger partial charge >= 0.3 is 0 Å². The molecule has 0 spiro atoms. The molecule has 0 bridgehead atoms. The Kier molecular flexibility index (Phi) is 4.52. The van der Waals surface area contributed by atoms with Crippen LogP contribution in [0.3, 0.4) is 0 Å². The van der Waals surface area contributed by atoms with E-state index in [1.54, 1.807) is 0 Å². The maximum atomic E-state index is 10.9. The molecule has 116 valence electrons. The largest absolute Gasteiger partial charge is 0.390 e. The van der Waals surface area contributed by atoms with Crippen molar-refractivity contribution in [3.05, 3.63) is 47.0 Å². The van der Waals surface area contributed by atoms with E-state index in [0.29, 0.717) is 12.2 Å². The van der Waals surface area contributed by atoms with Crippen LogP contribution in [0.5, 0.6) is 0 Å². The molecule has 1 aliphatic carbocycles. The van der Waals surface area contributed by atoms with Gasteiger partial charge in [-0.2, -0.15) is 0 Å². The summed E-state index contributed by atoms with van der Waals surface area (Å²) in [5, 5.41) is 23.0. The molecule has 0 amide bonds. The summed E-state index contributed by atoms with van der Waals surface area (Å²) in [7, 11) is 0. The van der Waals surface area contributed by atoms with E-state index < -0.39 is 12.2 Å². The van der Waals surface area contributed by atoms with Crippen molar-refractivity contribution in [3.8, 4) is 0 Å². The highest BCUT2D eigenvalue weighted by Gasteiger charge is 2.23. The summed E-state index contributed by atoms with van der Waals surface area (Å²) in [5.74, 6) is 0.523. The first kappa shape index (κ1) is 15.5. The molecule has 3 rings (SSSR count). The molecule has 2 aromatic rings. The molecule has 4 heteroatoms. The number of carbonyl (C=O) groups excluding carboxylic acids is 1. The number of rotatable bonds is 5. The quantitative estimate of drug-likeness (QED) is 0.890.